The molecule has 47 heavy (non-hydrogen) atoms. The van der Waals surface area contributed by atoms with Crippen molar-refractivity contribution >= 4 is 13.9 Å². The molecule has 9 nitrogen and oxygen atoms in total. The van der Waals surface area contributed by atoms with Gasteiger partial charge in [-0.15, -0.1) is 0 Å². The number of phosphoric ester groups is 1. The molecule has 2 atom stereocenters. The van der Waals surface area contributed by atoms with Gasteiger partial charge in [-0.2, -0.15) is 0 Å². The largest absolute Gasteiger partial charge is 0.756 e. The fourth-order valence-corrected chi connectivity index (χ4v) is 6.24. The van der Waals surface area contributed by atoms with Crippen LogP contribution in [0.2, 0.25) is 0 Å². The molecule has 0 N–H and O–H groups in total. The predicted octanol–water partition coefficient (Wildman–Crippen LogP) is 9.66. The van der Waals surface area contributed by atoms with Crippen molar-refractivity contribution in [3.8, 4) is 0 Å². The highest BCUT2D eigenvalue weighted by molar-refractivity contribution is 7.45. The lowest BCUT2D eigenvalue weighted by atomic mass is 10.0. The highest BCUT2D eigenvalue weighted by atomic mass is 31.2. The average Bonchev–Trinajstić information content (AvgIpc) is 3.01. The van der Waals surface area contributed by atoms with Crippen LogP contribution >= 0.6 is 7.82 Å². The normalized spacial score (nSPS) is 13.9. The maximum atomic E-state index is 12.3. The van der Waals surface area contributed by atoms with Crippen LogP contribution in [0.3, 0.4) is 0 Å². The molecule has 0 aromatic heterocycles. The molecule has 0 bridgehead atoms. The first kappa shape index (κ1) is 46.3. The molecule has 282 valence electrons. The molecule has 0 rings (SSSR count). The molecule has 2 unspecified atom stereocenters. The Balaban J connectivity index is 3.92. The highest BCUT2D eigenvalue weighted by Crippen LogP contribution is 2.38. The van der Waals surface area contributed by atoms with Gasteiger partial charge in [0.1, 0.15) is 0 Å². The van der Waals surface area contributed by atoms with Gasteiger partial charge in [-0.3, -0.25) is 4.57 Å². The van der Waals surface area contributed by atoms with E-state index in [0.29, 0.717) is 13.0 Å². The lowest BCUT2D eigenvalue weighted by Gasteiger charge is -2.26. The van der Waals surface area contributed by atoms with Crippen LogP contribution in [0.25, 0.3) is 0 Å². The second-order valence-corrected chi connectivity index (χ2v) is 16.1. The predicted molar refractivity (Wildman–Crippen MR) is 194 cm³/mol. The molecule has 0 aliphatic carbocycles. The number of carbonyl (C=O) groups is 1. The second kappa shape index (κ2) is 31.3. The summed E-state index contributed by atoms with van der Waals surface area (Å²) in [5.74, 6) is 0. The van der Waals surface area contributed by atoms with Gasteiger partial charge in [-0.25, -0.2) is 4.79 Å². The number of nitrogens with zero attached hydrogens (tertiary/aromatic N) is 2. The van der Waals surface area contributed by atoms with E-state index in [9.17, 15) is 14.3 Å². The van der Waals surface area contributed by atoms with E-state index in [4.69, 9.17) is 18.5 Å². The minimum atomic E-state index is -4.49. The van der Waals surface area contributed by atoms with E-state index in [2.05, 4.69) is 28.1 Å². The van der Waals surface area contributed by atoms with E-state index < -0.39 is 20.0 Å². The fourth-order valence-electron chi connectivity index (χ4n) is 5.47. The van der Waals surface area contributed by atoms with Gasteiger partial charge in [-0.1, -0.05) is 135 Å². The number of quaternary nitrogens is 1. The Bertz CT molecular complexity index is 749. The molecular weight excluding hydrogens is 615 g/mol. The second-order valence-electron chi connectivity index (χ2n) is 14.7. The van der Waals surface area contributed by atoms with Gasteiger partial charge in [0, 0.05) is 20.7 Å². The number of ether oxygens (including phenoxy) is 2. The van der Waals surface area contributed by atoms with Gasteiger partial charge in [0.05, 0.1) is 47.5 Å². The van der Waals surface area contributed by atoms with E-state index in [0.717, 1.165) is 36.6 Å². The zero-order chi connectivity index (χ0) is 35.1. The number of hydrogen-bond donors (Lipinski definition) is 0. The quantitative estimate of drug-likeness (QED) is 0.0371. The topological polar surface area (TPSA) is 97.4 Å². The Labute approximate surface area is 291 Å². The van der Waals surface area contributed by atoms with Crippen LogP contribution in [0.5, 0.6) is 0 Å². The van der Waals surface area contributed by atoms with Crippen molar-refractivity contribution < 1.29 is 37.3 Å². The third kappa shape index (κ3) is 34.9. The van der Waals surface area contributed by atoms with E-state index in [1.165, 1.54) is 127 Å². The summed E-state index contributed by atoms with van der Waals surface area (Å²) in [5.41, 5.74) is 0. The molecule has 0 fully saturated rings. The number of amides is 1. The summed E-state index contributed by atoms with van der Waals surface area (Å²) in [7, 11) is 5.34. The van der Waals surface area contributed by atoms with Crippen LogP contribution in [0.15, 0.2) is 0 Å². The van der Waals surface area contributed by atoms with E-state index in [-0.39, 0.29) is 19.8 Å². The molecule has 0 aromatic carbocycles. The van der Waals surface area contributed by atoms with Gasteiger partial charge >= 0.3 is 6.09 Å². The molecule has 0 saturated carbocycles. The van der Waals surface area contributed by atoms with Crippen molar-refractivity contribution in [2.45, 2.75) is 167 Å². The first-order chi connectivity index (χ1) is 22.5. The average molecular weight is 693 g/mol. The van der Waals surface area contributed by atoms with Crippen LogP contribution < -0.4 is 4.89 Å². The molecule has 0 aliphatic rings. The Morgan fingerprint density at radius 3 is 1.45 bits per heavy atom. The van der Waals surface area contributed by atoms with Gasteiger partial charge in [0.15, 0.2) is 6.10 Å². The van der Waals surface area contributed by atoms with E-state index in [1.807, 2.05) is 0 Å². The summed E-state index contributed by atoms with van der Waals surface area (Å²) in [6, 6.07) is 0. The smallest absolute Gasteiger partial charge is 0.409 e. The summed E-state index contributed by atoms with van der Waals surface area (Å²) < 4.78 is 34.5. The molecule has 0 spiro atoms. The Kier molecular flexibility index (Phi) is 30.8. The first-order valence-electron chi connectivity index (χ1n) is 19.3. The minimum Gasteiger partial charge on any atom is -0.756 e. The highest BCUT2D eigenvalue weighted by Gasteiger charge is 2.20. The summed E-state index contributed by atoms with van der Waals surface area (Å²) in [5, 5.41) is 0. The number of rotatable bonds is 35. The molecule has 0 aromatic rings. The molecule has 0 saturated heterocycles. The summed E-state index contributed by atoms with van der Waals surface area (Å²) >= 11 is 0. The molecule has 0 heterocycles. The Morgan fingerprint density at radius 2 is 1.02 bits per heavy atom. The molecular formula is C37H77N2O7P. The van der Waals surface area contributed by atoms with Crippen LogP contribution in [0.1, 0.15) is 161 Å². The Hall–Kier alpha value is -0.700. The first-order valence-corrected chi connectivity index (χ1v) is 20.8. The summed E-state index contributed by atoms with van der Waals surface area (Å²) in [4.78, 5) is 25.7. The maximum Gasteiger partial charge on any atom is 0.409 e. The standard InChI is InChI=1S/C37H77N2O7P/c1-7-8-9-10-11-12-13-14-15-16-17-18-20-23-26-29-32-43-34-36(46-37(40)38(2)3)35-45-47(41,42)44-33-30-27-24-21-19-22-25-28-31-39(4,5)6/h36H,7-35H2,1-6H3. The van der Waals surface area contributed by atoms with Crippen LogP contribution in [-0.2, 0) is 23.1 Å². The van der Waals surface area contributed by atoms with Gasteiger partial charge in [-0.05, 0) is 25.7 Å². The van der Waals surface area contributed by atoms with Crippen molar-refractivity contribution in [1.82, 2.24) is 4.90 Å². The SMILES string of the molecule is CCCCCCCCCCCCCCCCCCOCC(COP(=O)([O-])OCCCCCCCCCC[N+](C)(C)C)OC(=O)N(C)C. The van der Waals surface area contributed by atoms with Crippen molar-refractivity contribution in [3.05, 3.63) is 0 Å². The van der Waals surface area contributed by atoms with Gasteiger partial charge < -0.3 is 32.8 Å². The molecule has 10 heteroatoms. The van der Waals surface area contributed by atoms with Crippen molar-refractivity contribution in [3.63, 3.8) is 0 Å². The van der Waals surface area contributed by atoms with Gasteiger partial charge in [0.2, 0.25) is 0 Å². The Morgan fingerprint density at radius 1 is 0.617 bits per heavy atom. The monoisotopic (exact) mass is 693 g/mol. The number of carbonyl (C=O) groups excluding carboxylic acids is 1. The number of phosphoric acid groups is 1. The molecule has 1 amide bonds. The maximum absolute atomic E-state index is 12.3. The third-order valence-corrected chi connectivity index (χ3v) is 9.43. The lowest BCUT2D eigenvalue weighted by molar-refractivity contribution is -0.870. The van der Waals surface area contributed by atoms with Crippen molar-refractivity contribution in [2.24, 2.45) is 0 Å². The lowest BCUT2D eigenvalue weighted by Crippen LogP contribution is -2.35. The molecule has 0 aliphatic heterocycles. The zero-order valence-electron chi connectivity index (χ0n) is 31.8. The van der Waals surface area contributed by atoms with Crippen LogP contribution in [0.4, 0.5) is 4.79 Å². The number of unbranched alkanes of at least 4 members (excludes halogenated alkanes) is 22. The summed E-state index contributed by atoms with van der Waals surface area (Å²) in [6.07, 6.45) is 28.4. The van der Waals surface area contributed by atoms with Crippen molar-refractivity contribution in [1.29, 1.82) is 0 Å². The fraction of sp³-hybridized carbons (Fsp3) is 0.973. The van der Waals surface area contributed by atoms with Gasteiger partial charge in [0.25, 0.3) is 7.82 Å². The van der Waals surface area contributed by atoms with Crippen LogP contribution in [-0.4, -0.2) is 89.8 Å². The van der Waals surface area contributed by atoms with E-state index in [1.54, 1.807) is 14.1 Å². The van der Waals surface area contributed by atoms with Crippen LogP contribution in [0, 0.1) is 0 Å². The zero-order valence-corrected chi connectivity index (χ0v) is 32.7. The van der Waals surface area contributed by atoms with Crippen molar-refractivity contribution in [2.75, 3.05) is 68.2 Å². The summed E-state index contributed by atoms with van der Waals surface area (Å²) in [6.45, 7) is 3.87. The third-order valence-electron chi connectivity index (χ3n) is 8.47. The molecule has 0 radical (unpaired) electrons. The van der Waals surface area contributed by atoms with E-state index >= 15 is 0 Å². The number of hydrogen-bond acceptors (Lipinski definition) is 7. The minimum absolute atomic E-state index is 0.0770.